The van der Waals surface area contributed by atoms with Gasteiger partial charge in [0.2, 0.25) is 0 Å². The number of methoxy groups -OCH3 is 2. The number of nitrogens with zero attached hydrogens (tertiary/aromatic N) is 2. The highest BCUT2D eigenvalue weighted by atomic mass is 35.5. The Hall–Kier alpha value is -4.58. The number of hydrogen-bond donors (Lipinski definition) is 3. The lowest BCUT2D eigenvalue weighted by Crippen LogP contribution is -2.46. The van der Waals surface area contributed by atoms with Gasteiger partial charge in [-0.25, -0.2) is 9.48 Å². The molecule has 1 aliphatic rings. The summed E-state index contributed by atoms with van der Waals surface area (Å²) in [5.74, 6) is -0.619. The molecule has 0 spiro atoms. The number of hydrogen-bond acceptors (Lipinski definition) is 7. The molecule has 0 aliphatic carbocycles. The van der Waals surface area contributed by atoms with Crippen LogP contribution >= 0.6 is 11.6 Å². The standard InChI is InChI=1S/C33H34ClN3O8/c1-33(2,18-38)17-36-25-12-11-20(34)14-24(25)29(23-9-6-10-26(43-3)30(23)44-4)45-27(31(36)40)15-21-16-28(39)37(35-21)22-8-5-7-19(13-22)32(41)42/h5-14,16,27,29,35,38H,15,17-18H2,1-4H3,(H,41,42)/t27-,29-/m1/s1. The van der Waals surface area contributed by atoms with Crippen molar-refractivity contribution in [2.45, 2.75) is 32.5 Å². The predicted octanol–water partition coefficient (Wildman–Crippen LogP) is 4.62. The van der Waals surface area contributed by atoms with Crippen LogP contribution in [0.4, 0.5) is 5.69 Å². The van der Waals surface area contributed by atoms with Crippen molar-refractivity contribution in [2.75, 3.05) is 32.3 Å². The van der Waals surface area contributed by atoms with Gasteiger partial charge in [0.25, 0.3) is 11.5 Å². The van der Waals surface area contributed by atoms with Crippen LogP contribution < -0.4 is 19.9 Å². The SMILES string of the molecule is COc1cccc([C@H]2O[C@H](Cc3cc(=O)n(-c4cccc(C(=O)O)c4)[nH]3)C(=O)N(CC(C)(C)CO)c3ccc(Cl)cc32)c1OC. The minimum atomic E-state index is -1.13. The van der Waals surface area contributed by atoms with Gasteiger partial charge in [-0.2, -0.15) is 0 Å². The van der Waals surface area contributed by atoms with Crippen LogP contribution in [0.1, 0.15) is 47.1 Å². The molecular formula is C33H34ClN3O8. The van der Waals surface area contributed by atoms with Gasteiger partial charge in [-0.1, -0.05) is 43.6 Å². The number of anilines is 1. The maximum absolute atomic E-state index is 14.4. The molecule has 0 saturated carbocycles. The minimum absolute atomic E-state index is 0.0199. The van der Waals surface area contributed by atoms with Gasteiger partial charge in [-0.05, 0) is 42.5 Å². The van der Waals surface area contributed by atoms with Gasteiger partial charge in [0.05, 0.1) is 25.5 Å². The summed E-state index contributed by atoms with van der Waals surface area (Å²) < 4.78 is 19.2. The number of benzene rings is 3. The van der Waals surface area contributed by atoms with Crippen LogP contribution in [0.3, 0.4) is 0 Å². The van der Waals surface area contributed by atoms with Crippen LogP contribution in [0.5, 0.6) is 11.5 Å². The topological polar surface area (TPSA) is 143 Å². The Kier molecular flexibility index (Phi) is 9.06. The van der Waals surface area contributed by atoms with Crippen molar-refractivity contribution < 1.29 is 34.0 Å². The summed E-state index contributed by atoms with van der Waals surface area (Å²) >= 11 is 6.50. The number of para-hydroxylation sites is 1. The number of halogens is 1. The maximum Gasteiger partial charge on any atom is 0.335 e. The van der Waals surface area contributed by atoms with Gasteiger partial charge >= 0.3 is 5.97 Å². The van der Waals surface area contributed by atoms with Crippen molar-refractivity contribution in [2.24, 2.45) is 5.41 Å². The summed E-state index contributed by atoms with van der Waals surface area (Å²) in [5, 5.41) is 23.0. The van der Waals surface area contributed by atoms with Gasteiger partial charge in [-0.3, -0.25) is 14.7 Å². The highest BCUT2D eigenvalue weighted by Gasteiger charge is 2.40. The van der Waals surface area contributed by atoms with E-state index in [-0.39, 0.29) is 31.0 Å². The Balaban J connectivity index is 1.63. The summed E-state index contributed by atoms with van der Waals surface area (Å²) in [5.41, 5.74) is 1.39. The Bertz CT molecular complexity index is 1800. The number of aromatic nitrogens is 2. The number of carbonyl (C=O) groups excluding carboxylic acids is 1. The normalized spacial score (nSPS) is 16.7. The number of fused-ring (bicyclic) bond motifs is 1. The monoisotopic (exact) mass is 635 g/mol. The van der Waals surface area contributed by atoms with E-state index in [1.807, 2.05) is 19.9 Å². The first-order valence-electron chi connectivity index (χ1n) is 14.2. The van der Waals surface area contributed by atoms with Gasteiger partial charge in [0.1, 0.15) is 12.2 Å². The van der Waals surface area contributed by atoms with Gasteiger partial charge in [0, 0.05) is 58.6 Å². The molecule has 1 aromatic heterocycles. The van der Waals surface area contributed by atoms with Crippen molar-refractivity contribution >= 4 is 29.2 Å². The Morgan fingerprint density at radius 1 is 1.02 bits per heavy atom. The molecule has 2 heterocycles. The molecule has 1 aliphatic heterocycles. The summed E-state index contributed by atoms with van der Waals surface area (Å²) in [6.45, 7) is 3.69. The highest BCUT2D eigenvalue weighted by molar-refractivity contribution is 6.30. The zero-order valence-corrected chi connectivity index (χ0v) is 26.0. The first kappa shape index (κ1) is 31.8. The highest BCUT2D eigenvalue weighted by Crippen LogP contribution is 2.45. The fourth-order valence-electron chi connectivity index (χ4n) is 5.42. The number of aromatic amines is 1. The van der Waals surface area contributed by atoms with Crippen molar-refractivity contribution in [3.8, 4) is 17.2 Å². The molecule has 11 nitrogen and oxygen atoms in total. The van der Waals surface area contributed by atoms with Gasteiger partial charge in [0.15, 0.2) is 11.5 Å². The number of ether oxygens (including phenoxy) is 3. The van der Waals surface area contributed by atoms with Crippen LogP contribution in [0.25, 0.3) is 5.69 Å². The largest absolute Gasteiger partial charge is 0.493 e. The van der Waals surface area contributed by atoms with Crippen LogP contribution in [0, 0.1) is 5.41 Å². The summed E-state index contributed by atoms with van der Waals surface area (Å²) in [4.78, 5) is 40.5. The molecule has 2 atom stereocenters. The van der Waals surface area contributed by atoms with Gasteiger partial charge < -0.3 is 29.3 Å². The second-order valence-corrected chi connectivity index (χ2v) is 12.0. The Morgan fingerprint density at radius 3 is 2.47 bits per heavy atom. The molecule has 3 aromatic carbocycles. The zero-order valence-electron chi connectivity index (χ0n) is 25.2. The number of aromatic carboxylic acids is 1. The first-order valence-corrected chi connectivity index (χ1v) is 14.6. The summed E-state index contributed by atoms with van der Waals surface area (Å²) in [6.07, 6.45) is -1.98. The molecule has 0 bridgehead atoms. The molecule has 236 valence electrons. The van der Waals surface area contributed by atoms with Crippen molar-refractivity contribution in [1.29, 1.82) is 0 Å². The summed E-state index contributed by atoms with van der Waals surface area (Å²) in [7, 11) is 3.04. The smallest absolute Gasteiger partial charge is 0.335 e. The minimum Gasteiger partial charge on any atom is -0.493 e. The van der Waals surface area contributed by atoms with Crippen molar-refractivity contribution in [1.82, 2.24) is 9.78 Å². The number of nitrogens with one attached hydrogen (secondary N) is 1. The second-order valence-electron chi connectivity index (χ2n) is 11.6. The van der Waals surface area contributed by atoms with E-state index in [2.05, 4.69) is 5.10 Å². The Morgan fingerprint density at radius 2 is 1.78 bits per heavy atom. The van der Waals surface area contributed by atoms with E-state index in [4.69, 9.17) is 25.8 Å². The molecule has 3 N–H and O–H groups in total. The predicted molar refractivity (Wildman–Crippen MR) is 168 cm³/mol. The molecule has 12 heteroatoms. The molecule has 4 aromatic rings. The third-order valence-electron chi connectivity index (χ3n) is 7.66. The van der Waals surface area contributed by atoms with E-state index in [1.165, 1.54) is 37.1 Å². The lowest BCUT2D eigenvalue weighted by molar-refractivity contribution is -0.132. The number of aliphatic hydroxyl groups is 1. The molecule has 1 amide bonds. The van der Waals surface area contributed by atoms with Crippen molar-refractivity contribution in [3.05, 3.63) is 104 Å². The quantitative estimate of drug-likeness (QED) is 0.229. The van der Waals surface area contributed by atoms with E-state index in [1.54, 1.807) is 47.4 Å². The number of carbonyl (C=O) groups is 2. The second kappa shape index (κ2) is 12.8. The van der Waals surface area contributed by atoms with Crippen LogP contribution in [-0.2, 0) is 16.0 Å². The van der Waals surface area contributed by atoms with E-state index < -0.39 is 29.2 Å². The molecule has 0 unspecified atom stereocenters. The van der Waals surface area contributed by atoms with E-state index in [9.17, 15) is 24.6 Å². The molecule has 0 fully saturated rings. The molecule has 0 radical (unpaired) electrons. The first-order chi connectivity index (χ1) is 21.5. The van der Waals surface area contributed by atoms with Crippen LogP contribution in [-0.4, -0.2) is 65.3 Å². The number of rotatable bonds is 10. The van der Waals surface area contributed by atoms with E-state index >= 15 is 0 Å². The fraction of sp³-hybridized carbons (Fsp3) is 0.303. The molecule has 0 saturated heterocycles. The third kappa shape index (κ3) is 6.46. The number of H-pyrrole nitrogens is 1. The average molecular weight is 636 g/mol. The Labute approximate surface area is 264 Å². The number of aliphatic hydroxyl groups excluding tert-OH is 1. The van der Waals surface area contributed by atoms with Crippen LogP contribution in [0.2, 0.25) is 5.02 Å². The van der Waals surface area contributed by atoms with Crippen molar-refractivity contribution in [3.63, 3.8) is 0 Å². The van der Waals surface area contributed by atoms with E-state index in [0.29, 0.717) is 44.7 Å². The zero-order chi connectivity index (χ0) is 32.5. The molecular weight excluding hydrogens is 602 g/mol. The number of amides is 1. The van der Waals surface area contributed by atoms with E-state index in [0.717, 1.165) is 0 Å². The molecule has 45 heavy (non-hydrogen) atoms. The summed E-state index contributed by atoms with van der Waals surface area (Å²) in [6, 6.07) is 17.8. The number of carboxylic acids is 1. The number of carboxylic acid groups (broad SMARTS) is 1. The lowest BCUT2D eigenvalue weighted by Gasteiger charge is -2.32. The van der Waals surface area contributed by atoms with Gasteiger partial charge in [-0.15, -0.1) is 0 Å². The average Bonchev–Trinajstić information content (AvgIpc) is 3.36. The van der Waals surface area contributed by atoms with Crippen LogP contribution in [0.15, 0.2) is 71.5 Å². The third-order valence-corrected chi connectivity index (χ3v) is 7.90. The maximum atomic E-state index is 14.4. The fourth-order valence-corrected chi connectivity index (χ4v) is 5.60. The lowest BCUT2D eigenvalue weighted by atomic mass is 9.92. The molecule has 5 rings (SSSR count).